The summed E-state index contributed by atoms with van der Waals surface area (Å²) in [5.41, 5.74) is 4.79. The largest absolute Gasteiger partial charge is 0.299 e. The van der Waals surface area contributed by atoms with Crippen LogP contribution in [0.15, 0.2) is 41.0 Å². The first kappa shape index (κ1) is 23.7. The van der Waals surface area contributed by atoms with Gasteiger partial charge in [-0.2, -0.15) is 0 Å². The molecule has 1 aliphatic heterocycles. The number of Topliss-reactive ketones (excluding diaryl/α,β-unsaturated/α-hetero) is 1. The van der Waals surface area contributed by atoms with E-state index in [0.717, 1.165) is 61.6 Å². The Hall–Kier alpha value is -2.49. The van der Waals surface area contributed by atoms with Crippen molar-refractivity contribution in [2.24, 2.45) is 5.92 Å². The van der Waals surface area contributed by atoms with E-state index in [2.05, 4.69) is 26.0 Å². The van der Waals surface area contributed by atoms with Crippen molar-refractivity contribution in [2.75, 3.05) is 24.1 Å². The number of hydrogen-bond acceptors (Lipinski definition) is 7. The molecule has 1 N–H and O–H groups in total. The second-order valence-corrected chi connectivity index (χ2v) is 10.6. The number of hydrogen-bond donors (Lipinski definition) is 1. The highest BCUT2D eigenvalue weighted by Crippen LogP contribution is 2.36. The van der Waals surface area contributed by atoms with E-state index < -0.39 is 10.0 Å². The molecule has 0 bridgehead atoms. The standard InChI is InChI=1S/C23H26N4O4S.ClH/c1-32(29,30)26-17-7-6-16-13-19(23(28)18(16)14-17)22-4-2-3-10-27(22)11-9-15-5-8-20-21(12-15)25-31-24-20;/h5-8,12,14,19,22,26H,2-4,9-11,13H2,1H3;1H. The summed E-state index contributed by atoms with van der Waals surface area (Å²) in [6.07, 6.45) is 5.96. The van der Waals surface area contributed by atoms with Crippen LogP contribution in [0, 0.1) is 5.92 Å². The molecule has 5 rings (SSSR count). The van der Waals surface area contributed by atoms with Crippen molar-refractivity contribution in [3.63, 3.8) is 0 Å². The minimum Gasteiger partial charge on any atom is -0.299 e. The number of likely N-dealkylation sites (tertiary alicyclic amines) is 1. The maximum Gasteiger partial charge on any atom is 0.229 e. The average molecular weight is 491 g/mol. The number of nitrogens with zero attached hydrogens (tertiary/aromatic N) is 3. The van der Waals surface area contributed by atoms with Crippen LogP contribution in [0.1, 0.15) is 40.7 Å². The van der Waals surface area contributed by atoms with Gasteiger partial charge in [-0.25, -0.2) is 13.0 Å². The molecule has 2 heterocycles. The Balaban J connectivity index is 0.00000259. The number of benzene rings is 2. The quantitative estimate of drug-likeness (QED) is 0.564. The third-order valence-corrected chi connectivity index (χ3v) is 7.20. The number of aromatic nitrogens is 2. The van der Waals surface area contributed by atoms with E-state index in [-0.39, 0.29) is 30.2 Å². The Labute approximate surface area is 199 Å². The monoisotopic (exact) mass is 490 g/mol. The molecule has 2 aliphatic rings. The molecule has 1 saturated heterocycles. The minimum atomic E-state index is -3.38. The zero-order chi connectivity index (χ0) is 22.3. The van der Waals surface area contributed by atoms with E-state index in [1.165, 1.54) is 5.56 Å². The van der Waals surface area contributed by atoms with E-state index >= 15 is 0 Å². The number of halogens is 1. The number of ketones is 1. The fourth-order valence-corrected chi connectivity index (χ4v) is 5.66. The number of anilines is 1. The molecule has 10 heteroatoms. The van der Waals surface area contributed by atoms with Gasteiger partial charge in [-0.3, -0.25) is 14.4 Å². The first-order chi connectivity index (χ1) is 15.4. The molecule has 0 saturated carbocycles. The number of sulfonamides is 1. The minimum absolute atomic E-state index is 0. The molecule has 2 unspecified atom stereocenters. The number of nitrogens with one attached hydrogen (secondary N) is 1. The lowest BCUT2D eigenvalue weighted by molar-refractivity contribution is 0.0709. The molecule has 0 radical (unpaired) electrons. The predicted molar refractivity (Wildman–Crippen MR) is 128 cm³/mol. The van der Waals surface area contributed by atoms with Gasteiger partial charge in [0, 0.05) is 29.8 Å². The number of fused-ring (bicyclic) bond motifs is 2. The lowest BCUT2D eigenvalue weighted by atomic mass is 9.87. The van der Waals surface area contributed by atoms with Crippen LogP contribution < -0.4 is 4.72 Å². The molecule has 0 spiro atoms. The van der Waals surface area contributed by atoms with Crippen molar-refractivity contribution in [2.45, 2.75) is 38.1 Å². The Morgan fingerprint density at radius 2 is 1.94 bits per heavy atom. The van der Waals surface area contributed by atoms with Gasteiger partial charge in [0.2, 0.25) is 10.0 Å². The first-order valence-electron chi connectivity index (χ1n) is 11.0. The summed E-state index contributed by atoms with van der Waals surface area (Å²) < 4.78 is 30.4. The van der Waals surface area contributed by atoms with Crippen LogP contribution in [-0.4, -0.2) is 54.8 Å². The molecule has 33 heavy (non-hydrogen) atoms. The van der Waals surface area contributed by atoms with Crippen LogP contribution in [0.25, 0.3) is 11.0 Å². The fourth-order valence-electron chi connectivity index (χ4n) is 5.11. The van der Waals surface area contributed by atoms with Gasteiger partial charge in [-0.1, -0.05) is 18.6 Å². The average Bonchev–Trinajstić information content (AvgIpc) is 3.35. The van der Waals surface area contributed by atoms with Crippen molar-refractivity contribution < 1.29 is 17.8 Å². The van der Waals surface area contributed by atoms with Gasteiger partial charge in [-0.15, -0.1) is 12.4 Å². The highest BCUT2D eigenvalue weighted by molar-refractivity contribution is 7.92. The van der Waals surface area contributed by atoms with E-state index in [1.807, 2.05) is 18.2 Å². The lowest BCUT2D eigenvalue weighted by Gasteiger charge is -2.38. The van der Waals surface area contributed by atoms with Crippen LogP contribution in [-0.2, 0) is 22.9 Å². The number of rotatable bonds is 6. The summed E-state index contributed by atoms with van der Waals surface area (Å²) in [6, 6.07) is 11.5. The van der Waals surface area contributed by atoms with Gasteiger partial charge in [0.05, 0.1) is 6.26 Å². The van der Waals surface area contributed by atoms with Crippen molar-refractivity contribution in [1.29, 1.82) is 0 Å². The highest BCUT2D eigenvalue weighted by atomic mass is 35.5. The summed E-state index contributed by atoms with van der Waals surface area (Å²) in [5.74, 6) is 0.0464. The summed E-state index contributed by atoms with van der Waals surface area (Å²) in [4.78, 5) is 15.8. The molecule has 2 aromatic carbocycles. The topological polar surface area (TPSA) is 105 Å². The van der Waals surface area contributed by atoms with Crippen LogP contribution >= 0.6 is 12.4 Å². The zero-order valence-corrected chi connectivity index (χ0v) is 20.0. The number of carbonyl (C=O) groups excluding carboxylic acids is 1. The number of carbonyl (C=O) groups is 1. The van der Waals surface area contributed by atoms with Crippen LogP contribution in [0.4, 0.5) is 5.69 Å². The molecule has 3 aromatic rings. The molecule has 8 nitrogen and oxygen atoms in total. The Bertz CT molecular complexity index is 1280. The van der Waals surface area contributed by atoms with Gasteiger partial charge in [0.1, 0.15) is 11.0 Å². The lowest BCUT2D eigenvalue weighted by Crippen LogP contribution is -2.46. The molecule has 176 valence electrons. The third kappa shape index (κ3) is 5.05. The van der Waals surface area contributed by atoms with Crippen LogP contribution in [0.2, 0.25) is 0 Å². The van der Waals surface area contributed by atoms with E-state index in [9.17, 15) is 13.2 Å². The normalized spacial score (nSPS) is 21.1. The summed E-state index contributed by atoms with van der Waals surface area (Å²) in [5, 5.41) is 7.78. The van der Waals surface area contributed by atoms with Gasteiger partial charge in [0.15, 0.2) is 5.78 Å². The van der Waals surface area contributed by atoms with E-state index in [1.54, 1.807) is 12.1 Å². The summed E-state index contributed by atoms with van der Waals surface area (Å²) in [6.45, 7) is 1.86. The first-order valence-corrected chi connectivity index (χ1v) is 12.9. The van der Waals surface area contributed by atoms with E-state index in [4.69, 9.17) is 4.63 Å². The maximum absolute atomic E-state index is 13.3. The third-order valence-electron chi connectivity index (χ3n) is 6.59. The predicted octanol–water partition coefficient (Wildman–Crippen LogP) is 3.47. The fraction of sp³-hybridized carbons (Fsp3) is 0.435. The van der Waals surface area contributed by atoms with Crippen LogP contribution in [0.3, 0.4) is 0 Å². The Morgan fingerprint density at radius 1 is 1.12 bits per heavy atom. The second kappa shape index (κ2) is 9.40. The maximum atomic E-state index is 13.3. The molecular formula is C23H27ClN4O4S. The molecule has 1 aromatic heterocycles. The molecule has 1 fully saturated rings. The zero-order valence-electron chi connectivity index (χ0n) is 18.4. The summed E-state index contributed by atoms with van der Waals surface area (Å²) >= 11 is 0. The van der Waals surface area contributed by atoms with Crippen molar-refractivity contribution in [3.8, 4) is 0 Å². The van der Waals surface area contributed by atoms with Crippen molar-refractivity contribution in [3.05, 3.63) is 53.1 Å². The van der Waals surface area contributed by atoms with Gasteiger partial charge < -0.3 is 0 Å². The van der Waals surface area contributed by atoms with Gasteiger partial charge in [-0.05, 0) is 77.9 Å². The second-order valence-electron chi connectivity index (χ2n) is 8.86. The van der Waals surface area contributed by atoms with E-state index in [0.29, 0.717) is 17.7 Å². The highest BCUT2D eigenvalue weighted by Gasteiger charge is 2.39. The SMILES string of the molecule is CS(=O)(=O)Nc1ccc2c(c1)C(=O)C(C1CCCCN1CCc1ccc3nonc3c1)C2.Cl. The Kier molecular flexibility index (Phi) is 6.74. The molecule has 0 amide bonds. The van der Waals surface area contributed by atoms with Crippen molar-refractivity contribution in [1.82, 2.24) is 15.2 Å². The smallest absolute Gasteiger partial charge is 0.229 e. The van der Waals surface area contributed by atoms with Gasteiger partial charge in [0.25, 0.3) is 0 Å². The molecule has 2 atom stereocenters. The number of piperidine rings is 1. The van der Waals surface area contributed by atoms with Crippen LogP contribution in [0.5, 0.6) is 0 Å². The molecular weight excluding hydrogens is 464 g/mol. The Morgan fingerprint density at radius 3 is 2.76 bits per heavy atom. The molecule has 1 aliphatic carbocycles. The summed E-state index contributed by atoms with van der Waals surface area (Å²) in [7, 11) is -3.38. The van der Waals surface area contributed by atoms with Gasteiger partial charge >= 0.3 is 0 Å². The van der Waals surface area contributed by atoms with Crippen molar-refractivity contribution >= 4 is 44.9 Å².